The van der Waals surface area contributed by atoms with Crippen LogP contribution in [0.4, 0.5) is 0 Å². The minimum atomic E-state index is 0.00815. The lowest BCUT2D eigenvalue weighted by molar-refractivity contribution is 0.277. The van der Waals surface area contributed by atoms with Crippen molar-refractivity contribution in [1.82, 2.24) is 4.98 Å². The normalized spacial score (nSPS) is 10.4. The maximum atomic E-state index is 8.93. The lowest BCUT2D eigenvalue weighted by Crippen LogP contribution is -2.00. The van der Waals surface area contributed by atoms with Crippen LogP contribution in [0.3, 0.4) is 0 Å². The summed E-state index contributed by atoms with van der Waals surface area (Å²) in [6.45, 7) is 0.628. The van der Waals surface area contributed by atoms with E-state index in [2.05, 4.69) is 4.98 Å². The molecule has 2 aromatic rings. The highest BCUT2D eigenvalue weighted by Crippen LogP contribution is 2.25. The Labute approximate surface area is 116 Å². The van der Waals surface area contributed by atoms with E-state index in [1.54, 1.807) is 18.4 Å². The number of aromatic nitrogens is 1. The molecule has 0 spiro atoms. The molecule has 0 amide bonds. The Morgan fingerprint density at radius 2 is 2.05 bits per heavy atom. The first-order chi connectivity index (χ1) is 9.33. The highest BCUT2D eigenvalue weighted by molar-refractivity contribution is 7.09. The molecule has 0 saturated carbocycles. The van der Waals surface area contributed by atoms with Crippen molar-refractivity contribution in [3.8, 4) is 11.5 Å². The van der Waals surface area contributed by atoms with Crippen molar-refractivity contribution in [2.24, 2.45) is 0 Å². The molecule has 0 fully saturated rings. The monoisotopic (exact) mass is 279 g/mol. The van der Waals surface area contributed by atoms with Gasteiger partial charge in [-0.05, 0) is 18.6 Å². The van der Waals surface area contributed by atoms with Gasteiger partial charge in [-0.15, -0.1) is 11.3 Å². The average Bonchev–Trinajstić information content (AvgIpc) is 2.92. The van der Waals surface area contributed by atoms with E-state index >= 15 is 0 Å². The molecule has 1 aromatic heterocycles. The van der Waals surface area contributed by atoms with Gasteiger partial charge in [-0.1, -0.05) is 12.1 Å². The number of nitrogens with zero attached hydrogens (tertiary/aromatic N) is 1. The Morgan fingerprint density at radius 3 is 2.74 bits per heavy atom. The Balaban J connectivity index is 1.77. The van der Waals surface area contributed by atoms with Crippen LogP contribution in [0.15, 0.2) is 29.6 Å². The molecular formula is C14H17NO3S. The first-order valence-electron chi connectivity index (χ1n) is 6.13. The lowest BCUT2D eigenvalue weighted by Gasteiger charge is -2.09. The number of aliphatic hydroxyl groups excluding tert-OH is 1. The van der Waals surface area contributed by atoms with Gasteiger partial charge < -0.3 is 14.6 Å². The van der Waals surface area contributed by atoms with E-state index in [4.69, 9.17) is 14.6 Å². The van der Waals surface area contributed by atoms with E-state index in [0.29, 0.717) is 6.61 Å². The highest BCUT2D eigenvalue weighted by atomic mass is 32.1. The Kier molecular flexibility index (Phi) is 5.18. The van der Waals surface area contributed by atoms with Crippen LogP contribution in [0.5, 0.6) is 11.5 Å². The zero-order valence-electron chi connectivity index (χ0n) is 10.8. The number of hydrogen-bond acceptors (Lipinski definition) is 5. The second-order valence-electron chi connectivity index (χ2n) is 3.99. The fourth-order valence-electron chi connectivity index (χ4n) is 1.68. The average molecular weight is 279 g/mol. The van der Waals surface area contributed by atoms with Gasteiger partial charge in [0.25, 0.3) is 0 Å². The maximum absolute atomic E-state index is 8.93. The predicted octanol–water partition coefficient (Wildman–Crippen LogP) is 2.66. The van der Waals surface area contributed by atoms with Gasteiger partial charge in [0.2, 0.25) is 0 Å². The third-order valence-electron chi connectivity index (χ3n) is 2.62. The quantitative estimate of drug-likeness (QED) is 0.792. The molecule has 2 rings (SSSR count). The summed E-state index contributed by atoms with van der Waals surface area (Å²) in [4.78, 5) is 4.30. The minimum absolute atomic E-state index is 0.00815. The van der Waals surface area contributed by atoms with Crippen molar-refractivity contribution >= 4 is 11.3 Å². The standard InChI is InChI=1S/C14H17NO3S/c1-17-12-5-2-3-6-13(12)18-8-4-7-14-15-11(9-16)10-19-14/h2-3,5-6,10,16H,4,7-9H2,1H3. The molecule has 19 heavy (non-hydrogen) atoms. The van der Waals surface area contributed by atoms with Gasteiger partial charge >= 0.3 is 0 Å². The molecule has 1 aromatic carbocycles. The zero-order chi connectivity index (χ0) is 13.5. The topological polar surface area (TPSA) is 51.6 Å². The second-order valence-corrected chi connectivity index (χ2v) is 4.94. The lowest BCUT2D eigenvalue weighted by atomic mass is 10.3. The molecule has 5 heteroatoms. The molecule has 0 aliphatic rings. The van der Waals surface area contributed by atoms with Gasteiger partial charge in [0.15, 0.2) is 11.5 Å². The zero-order valence-corrected chi connectivity index (χ0v) is 11.7. The number of hydrogen-bond donors (Lipinski definition) is 1. The summed E-state index contributed by atoms with van der Waals surface area (Å²) in [7, 11) is 1.63. The van der Waals surface area contributed by atoms with Crippen molar-refractivity contribution in [2.45, 2.75) is 19.4 Å². The van der Waals surface area contributed by atoms with E-state index in [9.17, 15) is 0 Å². The van der Waals surface area contributed by atoms with E-state index < -0.39 is 0 Å². The smallest absolute Gasteiger partial charge is 0.161 e. The van der Waals surface area contributed by atoms with Gasteiger partial charge in [-0.3, -0.25) is 0 Å². The summed E-state index contributed by atoms with van der Waals surface area (Å²) in [6, 6.07) is 7.61. The van der Waals surface area contributed by atoms with Gasteiger partial charge in [-0.2, -0.15) is 0 Å². The molecule has 0 unspecified atom stereocenters. The van der Waals surface area contributed by atoms with Crippen LogP contribution in [0.25, 0.3) is 0 Å². The number of aliphatic hydroxyl groups is 1. The van der Waals surface area contributed by atoms with Crippen molar-refractivity contribution < 1.29 is 14.6 Å². The van der Waals surface area contributed by atoms with Gasteiger partial charge in [-0.25, -0.2) is 4.98 Å². The number of benzene rings is 1. The number of rotatable bonds is 7. The van der Waals surface area contributed by atoms with Crippen LogP contribution < -0.4 is 9.47 Å². The van der Waals surface area contributed by atoms with Crippen LogP contribution in [0.1, 0.15) is 17.1 Å². The molecule has 0 atom stereocenters. The van der Waals surface area contributed by atoms with Crippen LogP contribution >= 0.6 is 11.3 Å². The van der Waals surface area contributed by atoms with E-state index in [1.807, 2.05) is 29.6 Å². The number of methoxy groups -OCH3 is 1. The highest BCUT2D eigenvalue weighted by Gasteiger charge is 2.04. The van der Waals surface area contributed by atoms with E-state index in [1.165, 1.54) is 0 Å². The Hall–Kier alpha value is -1.59. The molecule has 1 N–H and O–H groups in total. The summed E-state index contributed by atoms with van der Waals surface area (Å²) >= 11 is 1.58. The maximum Gasteiger partial charge on any atom is 0.161 e. The molecule has 0 bridgehead atoms. The van der Waals surface area contributed by atoms with Gasteiger partial charge in [0.1, 0.15) is 0 Å². The van der Waals surface area contributed by atoms with Crippen molar-refractivity contribution in [3.63, 3.8) is 0 Å². The summed E-state index contributed by atoms with van der Waals surface area (Å²) in [5.41, 5.74) is 0.741. The molecule has 0 radical (unpaired) electrons. The summed E-state index contributed by atoms with van der Waals surface area (Å²) in [5, 5.41) is 11.9. The fraction of sp³-hybridized carbons (Fsp3) is 0.357. The number of thiazole rings is 1. The van der Waals surface area contributed by atoms with Crippen molar-refractivity contribution in [3.05, 3.63) is 40.3 Å². The van der Waals surface area contributed by atoms with E-state index in [0.717, 1.165) is 35.0 Å². The Morgan fingerprint density at radius 1 is 1.26 bits per heavy atom. The second kappa shape index (κ2) is 7.11. The first kappa shape index (κ1) is 13.8. The van der Waals surface area contributed by atoms with Crippen molar-refractivity contribution in [1.29, 1.82) is 0 Å². The minimum Gasteiger partial charge on any atom is -0.493 e. The first-order valence-corrected chi connectivity index (χ1v) is 7.01. The summed E-state index contributed by atoms with van der Waals surface area (Å²) < 4.78 is 10.9. The molecule has 4 nitrogen and oxygen atoms in total. The van der Waals surface area contributed by atoms with Crippen molar-refractivity contribution in [2.75, 3.05) is 13.7 Å². The fourth-order valence-corrected chi connectivity index (χ4v) is 2.51. The molecule has 1 heterocycles. The van der Waals surface area contributed by atoms with Gasteiger partial charge in [0.05, 0.1) is 31.0 Å². The number of para-hydroxylation sites is 2. The molecule has 102 valence electrons. The summed E-state index contributed by atoms with van der Waals surface area (Å²) in [6.07, 6.45) is 1.75. The molecular weight excluding hydrogens is 262 g/mol. The van der Waals surface area contributed by atoms with Gasteiger partial charge in [0, 0.05) is 11.8 Å². The molecule has 0 saturated heterocycles. The number of ether oxygens (including phenoxy) is 2. The van der Waals surface area contributed by atoms with Crippen LogP contribution in [0, 0.1) is 0 Å². The summed E-state index contributed by atoms with van der Waals surface area (Å²) in [5.74, 6) is 1.51. The van der Waals surface area contributed by atoms with Crippen LogP contribution in [0.2, 0.25) is 0 Å². The third-order valence-corrected chi connectivity index (χ3v) is 3.58. The van der Waals surface area contributed by atoms with Crippen LogP contribution in [-0.4, -0.2) is 23.8 Å². The third kappa shape index (κ3) is 3.94. The van der Waals surface area contributed by atoms with Crippen LogP contribution in [-0.2, 0) is 13.0 Å². The molecule has 0 aliphatic heterocycles. The molecule has 0 aliphatic carbocycles. The number of aryl methyl sites for hydroxylation is 1. The largest absolute Gasteiger partial charge is 0.493 e. The van der Waals surface area contributed by atoms with E-state index in [-0.39, 0.29) is 6.61 Å². The predicted molar refractivity (Wildman–Crippen MR) is 74.8 cm³/mol. The Bertz CT molecular complexity index is 513. The SMILES string of the molecule is COc1ccccc1OCCCc1nc(CO)cs1.